The fourth-order valence-corrected chi connectivity index (χ4v) is 2.31. The molecule has 1 aliphatic heterocycles. The first-order chi connectivity index (χ1) is 9.69. The predicted octanol–water partition coefficient (Wildman–Crippen LogP) is 0.454. The van der Waals surface area contributed by atoms with Crippen LogP contribution in [0.25, 0.3) is 0 Å². The maximum atomic E-state index is 8.57. The van der Waals surface area contributed by atoms with Crippen molar-refractivity contribution in [3.8, 4) is 5.75 Å². The second-order valence-corrected chi connectivity index (χ2v) is 5.06. The number of rotatable bonds is 6. The lowest BCUT2D eigenvalue weighted by Crippen LogP contribution is -2.34. The molecule has 1 saturated heterocycles. The van der Waals surface area contributed by atoms with Crippen molar-refractivity contribution < 1.29 is 9.94 Å². The van der Waals surface area contributed by atoms with E-state index in [1.165, 1.54) is 6.42 Å². The molecule has 110 valence electrons. The molecule has 2 rings (SSSR count). The monoisotopic (exact) mass is 278 g/mol. The Morgan fingerprint density at radius 2 is 2.25 bits per heavy atom. The van der Waals surface area contributed by atoms with E-state index >= 15 is 0 Å². The summed E-state index contributed by atoms with van der Waals surface area (Å²) in [5.74, 6) is 0.883. The molecular weight excluding hydrogens is 256 g/mol. The van der Waals surface area contributed by atoms with Crippen LogP contribution < -0.4 is 15.8 Å². The molecule has 0 spiro atoms. The maximum absolute atomic E-state index is 8.57. The van der Waals surface area contributed by atoms with Crippen LogP contribution in [0, 0.1) is 0 Å². The van der Waals surface area contributed by atoms with E-state index in [0.717, 1.165) is 25.4 Å². The Kier molecular flexibility index (Phi) is 5.20. The molecule has 0 aromatic heterocycles. The minimum absolute atomic E-state index is 0.101. The van der Waals surface area contributed by atoms with Crippen LogP contribution in [0.5, 0.6) is 5.75 Å². The van der Waals surface area contributed by atoms with Crippen LogP contribution >= 0.6 is 0 Å². The third-order valence-corrected chi connectivity index (χ3v) is 3.45. The molecule has 20 heavy (non-hydrogen) atoms. The van der Waals surface area contributed by atoms with Gasteiger partial charge in [0.05, 0.1) is 0 Å². The molecule has 1 aromatic rings. The van der Waals surface area contributed by atoms with Crippen molar-refractivity contribution in [1.82, 2.24) is 10.2 Å². The van der Waals surface area contributed by atoms with Crippen molar-refractivity contribution in [3.05, 3.63) is 29.8 Å². The minimum atomic E-state index is 0.101. The lowest BCUT2D eigenvalue weighted by atomic mass is 10.2. The second-order valence-electron chi connectivity index (χ2n) is 5.06. The van der Waals surface area contributed by atoms with Crippen LogP contribution in [0.1, 0.15) is 12.0 Å². The average molecular weight is 278 g/mol. The third kappa shape index (κ3) is 4.11. The summed E-state index contributed by atoms with van der Waals surface area (Å²) in [6.07, 6.45) is 1.20. The summed E-state index contributed by atoms with van der Waals surface area (Å²) in [5.41, 5.74) is 6.17. The van der Waals surface area contributed by atoms with Gasteiger partial charge < -0.3 is 25.9 Å². The molecule has 1 fully saturated rings. The number of oxime groups is 1. The van der Waals surface area contributed by atoms with E-state index < -0.39 is 0 Å². The predicted molar refractivity (Wildman–Crippen MR) is 78.4 cm³/mol. The van der Waals surface area contributed by atoms with E-state index in [0.29, 0.717) is 18.2 Å². The van der Waals surface area contributed by atoms with Gasteiger partial charge in [0, 0.05) is 24.7 Å². The molecule has 1 aliphatic rings. The summed E-state index contributed by atoms with van der Waals surface area (Å²) >= 11 is 0. The number of hydrogen-bond donors (Lipinski definition) is 3. The van der Waals surface area contributed by atoms with Crippen molar-refractivity contribution in [2.45, 2.75) is 12.5 Å². The van der Waals surface area contributed by atoms with Crippen LogP contribution in [0.3, 0.4) is 0 Å². The maximum Gasteiger partial charge on any atom is 0.170 e. The molecule has 6 heteroatoms. The molecule has 1 unspecified atom stereocenters. The zero-order valence-corrected chi connectivity index (χ0v) is 11.7. The van der Waals surface area contributed by atoms with Crippen LogP contribution in [-0.2, 0) is 0 Å². The number of ether oxygens (including phenoxy) is 1. The van der Waals surface area contributed by atoms with Crippen molar-refractivity contribution in [2.75, 3.05) is 33.3 Å². The Hall–Kier alpha value is -1.79. The summed E-state index contributed by atoms with van der Waals surface area (Å²) in [6.45, 7) is 3.73. The van der Waals surface area contributed by atoms with Gasteiger partial charge in [-0.1, -0.05) is 5.16 Å². The number of hydrogen-bond acceptors (Lipinski definition) is 5. The molecule has 4 N–H and O–H groups in total. The van der Waals surface area contributed by atoms with Crippen LogP contribution in [-0.4, -0.2) is 55.3 Å². The zero-order valence-electron chi connectivity index (χ0n) is 11.7. The fourth-order valence-electron chi connectivity index (χ4n) is 2.31. The van der Waals surface area contributed by atoms with E-state index in [9.17, 15) is 0 Å². The van der Waals surface area contributed by atoms with Gasteiger partial charge in [-0.15, -0.1) is 0 Å². The molecule has 1 atom stereocenters. The molecule has 0 radical (unpaired) electrons. The van der Waals surface area contributed by atoms with E-state index in [-0.39, 0.29) is 5.84 Å². The summed E-state index contributed by atoms with van der Waals surface area (Å²) in [7, 11) is 2.14. The highest BCUT2D eigenvalue weighted by molar-refractivity contribution is 5.97. The first-order valence-corrected chi connectivity index (χ1v) is 6.81. The smallest absolute Gasteiger partial charge is 0.170 e. The molecule has 0 amide bonds. The Balaban J connectivity index is 1.69. The van der Waals surface area contributed by atoms with Crippen molar-refractivity contribution in [3.63, 3.8) is 0 Å². The van der Waals surface area contributed by atoms with Crippen LogP contribution in [0.15, 0.2) is 29.4 Å². The molecule has 1 aromatic carbocycles. The van der Waals surface area contributed by atoms with E-state index in [1.54, 1.807) is 12.1 Å². The van der Waals surface area contributed by atoms with Gasteiger partial charge in [0.15, 0.2) is 5.84 Å². The Morgan fingerprint density at radius 3 is 2.85 bits per heavy atom. The Labute approximate surface area is 119 Å². The number of nitrogens with zero attached hydrogens (tertiary/aromatic N) is 2. The van der Waals surface area contributed by atoms with Crippen molar-refractivity contribution >= 4 is 5.84 Å². The van der Waals surface area contributed by atoms with E-state index in [1.807, 2.05) is 12.1 Å². The lowest BCUT2D eigenvalue weighted by Gasteiger charge is -2.13. The fraction of sp³-hybridized carbons (Fsp3) is 0.500. The summed E-state index contributed by atoms with van der Waals surface area (Å²) in [4.78, 5) is 2.32. The molecule has 6 nitrogen and oxygen atoms in total. The molecule has 0 saturated carbocycles. The van der Waals surface area contributed by atoms with Gasteiger partial charge >= 0.3 is 0 Å². The Morgan fingerprint density at radius 1 is 1.50 bits per heavy atom. The average Bonchev–Trinajstić information content (AvgIpc) is 2.89. The van der Waals surface area contributed by atoms with Crippen LogP contribution in [0.2, 0.25) is 0 Å². The van der Waals surface area contributed by atoms with Gasteiger partial charge in [0.1, 0.15) is 12.4 Å². The highest BCUT2D eigenvalue weighted by Crippen LogP contribution is 2.12. The standard InChI is InChI=1S/C14H22N4O2/c1-18-8-6-12(10-18)16-7-9-20-13-4-2-11(3-5-13)14(15)17-19/h2-5,12,16,19H,6-10H2,1H3,(H2,15,17). The number of nitrogens with two attached hydrogens (primary N) is 1. The second kappa shape index (κ2) is 7.12. The van der Waals surface area contributed by atoms with E-state index in [2.05, 4.69) is 22.4 Å². The largest absolute Gasteiger partial charge is 0.492 e. The van der Waals surface area contributed by atoms with Gasteiger partial charge in [0.2, 0.25) is 0 Å². The number of amidine groups is 1. The summed E-state index contributed by atoms with van der Waals surface area (Å²) in [6, 6.07) is 7.74. The quantitative estimate of drug-likeness (QED) is 0.231. The number of likely N-dealkylation sites (N-methyl/N-ethyl adjacent to an activating group) is 1. The molecular formula is C14H22N4O2. The summed E-state index contributed by atoms with van der Waals surface area (Å²) < 4.78 is 5.64. The van der Waals surface area contributed by atoms with Gasteiger partial charge in [-0.25, -0.2) is 0 Å². The normalized spacial score (nSPS) is 20.2. The SMILES string of the molecule is CN1CCC(NCCOc2ccc(C(N)=NO)cc2)C1. The van der Waals surface area contributed by atoms with Crippen molar-refractivity contribution in [2.24, 2.45) is 10.9 Å². The lowest BCUT2D eigenvalue weighted by molar-refractivity contribution is 0.303. The number of benzene rings is 1. The van der Waals surface area contributed by atoms with Gasteiger partial charge in [-0.3, -0.25) is 0 Å². The first kappa shape index (κ1) is 14.6. The zero-order chi connectivity index (χ0) is 14.4. The van der Waals surface area contributed by atoms with Crippen molar-refractivity contribution in [1.29, 1.82) is 0 Å². The number of nitrogens with one attached hydrogen (secondary N) is 1. The minimum Gasteiger partial charge on any atom is -0.492 e. The molecule has 1 heterocycles. The highest BCUT2D eigenvalue weighted by Gasteiger charge is 2.17. The topological polar surface area (TPSA) is 83.1 Å². The van der Waals surface area contributed by atoms with Gasteiger partial charge in [-0.2, -0.15) is 0 Å². The summed E-state index contributed by atoms with van der Waals surface area (Å²) in [5, 5.41) is 15.0. The van der Waals surface area contributed by atoms with Crippen LogP contribution in [0.4, 0.5) is 0 Å². The molecule has 0 aliphatic carbocycles. The number of likely N-dealkylation sites (tertiary alicyclic amines) is 1. The van der Waals surface area contributed by atoms with E-state index in [4.69, 9.17) is 15.7 Å². The highest BCUT2D eigenvalue weighted by atomic mass is 16.5. The van der Waals surface area contributed by atoms with Gasteiger partial charge in [0.25, 0.3) is 0 Å². The third-order valence-electron chi connectivity index (χ3n) is 3.45. The Bertz CT molecular complexity index is 447. The molecule has 0 bridgehead atoms. The first-order valence-electron chi connectivity index (χ1n) is 6.81. The van der Waals surface area contributed by atoms with Gasteiger partial charge in [-0.05, 0) is 44.3 Å².